The van der Waals surface area contributed by atoms with E-state index in [0.29, 0.717) is 6.54 Å². The lowest BCUT2D eigenvalue weighted by Crippen LogP contribution is -2.23. The fourth-order valence-electron chi connectivity index (χ4n) is 1.60. The second-order valence-corrected chi connectivity index (χ2v) is 4.79. The van der Waals surface area contributed by atoms with Gasteiger partial charge in [0.2, 0.25) is 0 Å². The van der Waals surface area contributed by atoms with E-state index in [9.17, 15) is 9.59 Å². The summed E-state index contributed by atoms with van der Waals surface area (Å²) in [5.74, 6) is -0.736. The van der Waals surface area contributed by atoms with E-state index in [2.05, 4.69) is 15.0 Å². The van der Waals surface area contributed by atoms with Crippen molar-refractivity contribution >= 4 is 29.0 Å². The van der Waals surface area contributed by atoms with Gasteiger partial charge in [-0.3, -0.25) is 9.59 Å². The van der Waals surface area contributed by atoms with Gasteiger partial charge in [0.1, 0.15) is 4.88 Å². The zero-order chi connectivity index (χ0) is 14.5. The van der Waals surface area contributed by atoms with Gasteiger partial charge in [-0.1, -0.05) is 30.3 Å². The third kappa shape index (κ3) is 2.94. The molecule has 1 heterocycles. The SMILES string of the molecule is CNC(=O)c1nsc(C(=O)NCc2ccccc2)c1N. The molecule has 0 radical (unpaired) electrons. The molecule has 7 heteroatoms. The first-order valence-electron chi connectivity index (χ1n) is 5.93. The maximum absolute atomic E-state index is 12.0. The van der Waals surface area contributed by atoms with Gasteiger partial charge in [-0.05, 0) is 17.1 Å². The molecule has 0 unspecified atom stereocenters. The van der Waals surface area contributed by atoms with Crippen molar-refractivity contribution in [1.29, 1.82) is 0 Å². The average Bonchev–Trinajstić information content (AvgIpc) is 2.87. The minimum atomic E-state index is -0.402. The summed E-state index contributed by atoms with van der Waals surface area (Å²) in [6.45, 7) is 0.395. The van der Waals surface area contributed by atoms with Gasteiger partial charge in [0, 0.05) is 13.6 Å². The van der Waals surface area contributed by atoms with Crippen LogP contribution in [0.15, 0.2) is 30.3 Å². The van der Waals surface area contributed by atoms with Gasteiger partial charge in [-0.2, -0.15) is 4.37 Å². The topological polar surface area (TPSA) is 97.1 Å². The first-order chi connectivity index (χ1) is 9.63. The molecule has 0 aliphatic carbocycles. The molecule has 2 amide bonds. The summed E-state index contributed by atoms with van der Waals surface area (Å²) in [5.41, 5.74) is 6.95. The van der Waals surface area contributed by atoms with E-state index < -0.39 is 5.91 Å². The summed E-state index contributed by atoms with van der Waals surface area (Å²) in [6, 6.07) is 9.51. The van der Waals surface area contributed by atoms with Gasteiger partial charge < -0.3 is 16.4 Å². The van der Waals surface area contributed by atoms with Crippen molar-refractivity contribution in [2.24, 2.45) is 0 Å². The molecule has 104 valence electrons. The van der Waals surface area contributed by atoms with Crippen molar-refractivity contribution in [1.82, 2.24) is 15.0 Å². The van der Waals surface area contributed by atoms with Crippen molar-refractivity contribution in [2.75, 3.05) is 12.8 Å². The molecular formula is C13H14N4O2S. The van der Waals surface area contributed by atoms with E-state index in [-0.39, 0.29) is 22.2 Å². The monoisotopic (exact) mass is 290 g/mol. The number of anilines is 1. The molecule has 1 aromatic carbocycles. The molecule has 0 aliphatic heterocycles. The molecule has 6 nitrogen and oxygen atoms in total. The molecule has 2 aromatic rings. The number of amides is 2. The molecule has 2 rings (SSSR count). The maximum Gasteiger partial charge on any atom is 0.272 e. The standard InChI is InChI=1S/C13H14N4O2S/c1-15-12(18)10-9(14)11(20-17-10)13(19)16-7-8-5-3-2-4-6-8/h2-6H,7,14H2,1H3,(H,15,18)(H,16,19). The predicted octanol–water partition coefficient (Wildman–Crippen LogP) is 1.01. The van der Waals surface area contributed by atoms with E-state index in [4.69, 9.17) is 5.73 Å². The highest BCUT2D eigenvalue weighted by molar-refractivity contribution is 7.09. The van der Waals surface area contributed by atoms with Crippen molar-refractivity contribution in [2.45, 2.75) is 6.54 Å². The zero-order valence-corrected chi connectivity index (χ0v) is 11.7. The Balaban J connectivity index is 2.07. The molecule has 20 heavy (non-hydrogen) atoms. The van der Waals surface area contributed by atoms with E-state index in [0.717, 1.165) is 17.1 Å². The van der Waals surface area contributed by atoms with E-state index in [1.807, 2.05) is 30.3 Å². The number of nitrogens with zero attached hydrogens (tertiary/aromatic N) is 1. The lowest BCUT2D eigenvalue weighted by atomic mass is 10.2. The van der Waals surface area contributed by atoms with Crippen LogP contribution in [0, 0.1) is 0 Å². The Kier molecular flexibility index (Phi) is 4.31. The van der Waals surface area contributed by atoms with E-state index in [1.165, 1.54) is 7.05 Å². The smallest absolute Gasteiger partial charge is 0.272 e. The summed E-state index contributed by atoms with van der Waals surface area (Å²) >= 11 is 0.915. The number of nitrogens with two attached hydrogens (primary N) is 1. The molecule has 4 N–H and O–H groups in total. The normalized spacial score (nSPS) is 10.1. The van der Waals surface area contributed by atoms with Crippen LogP contribution < -0.4 is 16.4 Å². The molecule has 0 saturated carbocycles. The Morgan fingerprint density at radius 2 is 1.95 bits per heavy atom. The number of carbonyl (C=O) groups is 2. The Labute approximate surface area is 120 Å². The average molecular weight is 290 g/mol. The minimum absolute atomic E-state index is 0.0855. The van der Waals surface area contributed by atoms with E-state index in [1.54, 1.807) is 0 Å². The Morgan fingerprint density at radius 1 is 1.25 bits per heavy atom. The maximum atomic E-state index is 12.0. The van der Waals surface area contributed by atoms with Crippen LogP contribution in [0.1, 0.15) is 25.7 Å². The van der Waals surface area contributed by atoms with Crippen molar-refractivity contribution < 1.29 is 9.59 Å². The summed E-state index contributed by atoms with van der Waals surface area (Å²) in [4.78, 5) is 23.7. The Morgan fingerprint density at radius 3 is 2.60 bits per heavy atom. The highest BCUT2D eigenvalue weighted by atomic mass is 32.1. The molecule has 0 spiro atoms. The van der Waals surface area contributed by atoms with Crippen LogP contribution in [0.4, 0.5) is 5.69 Å². The van der Waals surface area contributed by atoms with E-state index >= 15 is 0 Å². The number of hydrogen-bond acceptors (Lipinski definition) is 5. The van der Waals surface area contributed by atoms with Crippen LogP contribution in [0.3, 0.4) is 0 Å². The van der Waals surface area contributed by atoms with Crippen LogP contribution in [-0.2, 0) is 6.54 Å². The highest BCUT2D eigenvalue weighted by Crippen LogP contribution is 2.21. The third-order valence-electron chi connectivity index (χ3n) is 2.67. The molecule has 0 saturated heterocycles. The highest BCUT2D eigenvalue weighted by Gasteiger charge is 2.21. The first-order valence-corrected chi connectivity index (χ1v) is 6.70. The second-order valence-electron chi connectivity index (χ2n) is 4.02. The Bertz CT molecular complexity index is 625. The number of aromatic nitrogens is 1. The van der Waals surface area contributed by atoms with Crippen LogP contribution in [0.5, 0.6) is 0 Å². The minimum Gasteiger partial charge on any atom is -0.395 e. The third-order valence-corrected chi connectivity index (χ3v) is 3.53. The van der Waals surface area contributed by atoms with Gasteiger partial charge in [0.25, 0.3) is 11.8 Å². The Hall–Kier alpha value is -2.41. The summed E-state index contributed by atoms with van der Waals surface area (Å²) in [6.07, 6.45) is 0. The fraction of sp³-hybridized carbons (Fsp3) is 0.154. The van der Waals surface area contributed by atoms with Gasteiger partial charge in [0.15, 0.2) is 5.69 Å². The number of nitrogen functional groups attached to an aromatic ring is 1. The number of hydrogen-bond donors (Lipinski definition) is 3. The quantitative estimate of drug-likeness (QED) is 0.783. The largest absolute Gasteiger partial charge is 0.395 e. The fourth-order valence-corrected chi connectivity index (χ4v) is 2.32. The van der Waals surface area contributed by atoms with Gasteiger partial charge in [-0.15, -0.1) is 0 Å². The number of carbonyl (C=O) groups excluding carboxylic acids is 2. The van der Waals surface area contributed by atoms with Crippen molar-refractivity contribution in [3.05, 3.63) is 46.5 Å². The number of rotatable bonds is 4. The predicted molar refractivity (Wildman–Crippen MR) is 77.5 cm³/mol. The lowest BCUT2D eigenvalue weighted by molar-refractivity contribution is 0.0954. The van der Waals surface area contributed by atoms with Crippen LogP contribution >= 0.6 is 11.5 Å². The number of benzene rings is 1. The lowest BCUT2D eigenvalue weighted by Gasteiger charge is -2.04. The molecule has 0 fully saturated rings. The van der Waals surface area contributed by atoms with Crippen LogP contribution in [-0.4, -0.2) is 23.2 Å². The first kappa shape index (κ1) is 14.0. The molecule has 1 aromatic heterocycles. The van der Waals surface area contributed by atoms with Crippen LogP contribution in [0.25, 0.3) is 0 Å². The van der Waals surface area contributed by atoms with Gasteiger partial charge in [-0.25, -0.2) is 0 Å². The van der Waals surface area contributed by atoms with Gasteiger partial charge in [0.05, 0.1) is 5.69 Å². The van der Waals surface area contributed by atoms with Gasteiger partial charge >= 0.3 is 0 Å². The zero-order valence-electron chi connectivity index (χ0n) is 10.8. The number of nitrogens with one attached hydrogen (secondary N) is 2. The summed E-state index contributed by atoms with van der Waals surface area (Å²) in [5, 5.41) is 5.17. The summed E-state index contributed by atoms with van der Waals surface area (Å²) in [7, 11) is 1.48. The van der Waals surface area contributed by atoms with Crippen molar-refractivity contribution in [3.8, 4) is 0 Å². The molecular weight excluding hydrogens is 276 g/mol. The molecule has 0 atom stereocenters. The second kappa shape index (κ2) is 6.16. The molecule has 0 aliphatic rings. The van der Waals surface area contributed by atoms with Crippen LogP contribution in [0.2, 0.25) is 0 Å². The molecule has 0 bridgehead atoms. The summed E-state index contributed by atoms with van der Waals surface area (Å²) < 4.78 is 3.91. The van der Waals surface area contributed by atoms with Crippen molar-refractivity contribution in [3.63, 3.8) is 0 Å².